The molecule has 4 rings (SSSR count). The maximum Gasteiger partial charge on any atom is 0.234 e. The summed E-state index contributed by atoms with van der Waals surface area (Å²) in [5.74, 6) is 1.49. The number of furan rings is 1. The number of hydrogen-bond acceptors (Lipinski definition) is 4. The van der Waals surface area contributed by atoms with Gasteiger partial charge in [-0.05, 0) is 60.9 Å². The lowest BCUT2D eigenvalue weighted by Crippen LogP contribution is -2.37. The van der Waals surface area contributed by atoms with Crippen molar-refractivity contribution in [3.63, 3.8) is 0 Å². The van der Waals surface area contributed by atoms with E-state index in [2.05, 4.69) is 15.2 Å². The maximum absolute atomic E-state index is 12.4. The second-order valence-electron chi connectivity index (χ2n) is 7.05. The lowest BCUT2D eigenvalue weighted by Gasteiger charge is -2.21. The molecule has 144 valence electrons. The van der Waals surface area contributed by atoms with Gasteiger partial charge < -0.3 is 9.73 Å². The molecule has 0 saturated heterocycles. The van der Waals surface area contributed by atoms with E-state index >= 15 is 0 Å². The summed E-state index contributed by atoms with van der Waals surface area (Å²) in [6, 6.07) is 15.7. The van der Waals surface area contributed by atoms with Gasteiger partial charge >= 0.3 is 0 Å². The molecule has 1 N–H and O–H groups in total. The molecular weight excluding hydrogens is 374 g/mol. The third-order valence-electron chi connectivity index (χ3n) is 4.77. The number of nitrogens with zero attached hydrogens (tertiary/aromatic N) is 2. The van der Waals surface area contributed by atoms with Crippen molar-refractivity contribution < 1.29 is 9.21 Å². The number of carbonyl (C=O) groups excluding carboxylic acids is 1. The van der Waals surface area contributed by atoms with Crippen LogP contribution in [0.25, 0.3) is 11.3 Å². The molecule has 0 unspecified atom stereocenters. The van der Waals surface area contributed by atoms with Crippen LogP contribution in [-0.2, 0) is 17.9 Å². The summed E-state index contributed by atoms with van der Waals surface area (Å²) in [4.78, 5) is 18.8. The van der Waals surface area contributed by atoms with Crippen LogP contribution in [0.1, 0.15) is 24.2 Å². The molecule has 0 radical (unpaired) electrons. The SMILES string of the molecule is O=C(CN(Cc1cccnc1)C1CC1)NCc1ccc(-c2ccc(Cl)cc2)o1. The van der Waals surface area contributed by atoms with E-state index in [0.717, 1.165) is 42.0 Å². The number of hydrogen-bond donors (Lipinski definition) is 1. The van der Waals surface area contributed by atoms with Gasteiger partial charge in [-0.2, -0.15) is 0 Å². The second-order valence-corrected chi connectivity index (χ2v) is 7.48. The summed E-state index contributed by atoms with van der Waals surface area (Å²) < 4.78 is 5.84. The van der Waals surface area contributed by atoms with Crippen molar-refractivity contribution in [2.45, 2.75) is 32.0 Å². The second kappa shape index (κ2) is 8.59. The normalized spacial score (nSPS) is 13.6. The van der Waals surface area contributed by atoms with Gasteiger partial charge in [0.15, 0.2) is 0 Å². The summed E-state index contributed by atoms with van der Waals surface area (Å²) in [5, 5.41) is 3.65. The highest BCUT2D eigenvalue weighted by Gasteiger charge is 2.30. The summed E-state index contributed by atoms with van der Waals surface area (Å²) in [7, 11) is 0. The van der Waals surface area contributed by atoms with Gasteiger partial charge in [-0.1, -0.05) is 17.7 Å². The van der Waals surface area contributed by atoms with Crippen molar-refractivity contribution in [1.29, 1.82) is 0 Å². The van der Waals surface area contributed by atoms with E-state index in [-0.39, 0.29) is 5.91 Å². The van der Waals surface area contributed by atoms with Gasteiger partial charge in [-0.25, -0.2) is 0 Å². The molecule has 3 aromatic rings. The Morgan fingerprint density at radius 2 is 2.00 bits per heavy atom. The molecule has 1 aliphatic rings. The van der Waals surface area contributed by atoms with Crippen LogP contribution in [0.5, 0.6) is 0 Å². The van der Waals surface area contributed by atoms with Crippen LogP contribution in [0.15, 0.2) is 65.3 Å². The van der Waals surface area contributed by atoms with Gasteiger partial charge in [-0.15, -0.1) is 0 Å². The molecule has 0 aliphatic heterocycles. The molecular formula is C22H22ClN3O2. The molecule has 5 nitrogen and oxygen atoms in total. The minimum Gasteiger partial charge on any atom is -0.459 e. The Kier molecular flexibility index (Phi) is 5.74. The number of pyridine rings is 1. The molecule has 1 amide bonds. The molecule has 2 aromatic heterocycles. The van der Waals surface area contributed by atoms with E-state index < -0.39 is 0 Å². The third-order valence-corrected chi connectivity index (χ3v) is 5.02. The summed E-state index contributed by atoms with van der Waals surface area (Å²) in [5.41, 5.74) is 2.08. The minimum absolute atomic E-state index is 0.000216. The molecule has 6 heteroatoms. The van der Waals surface area contributed by atoms with Gasteiger partial charge in [0.25, 0.3) is 0 Å². The smallest absolute Gasteiger partial charge is 0.234 e. The Balaban J connectivity index is 1.31. The molecule has 1 fully saturated rings. The van der Waals surface area contributed by atoms with Crippen molar-refractivity contribution in [2.24, 2.45) is 0 Å². The molecule has 1 aromatic carbocycles. The molecule has 1 aliphatic carbocycles. The predicted molar refractivity (Wildman–Crippen MR) is 109 cm³/mol. The highest BCUT2D eigenvalue weighted by Crippen LogP contribution is 2.28. The average Bonchev–Trinajstić information content (AvgIpc) is 3.45. The first-order chi connectivity index (χ1) is 13.7. The summed E-state index contributed by atoms with van der Waals surface area (Å²) in [6.45, 7) is 1.50. The standard InChI is InChI=1S/C22H22ClN3O2/c23-18-5-3-17(4-6-18)21-10-9-20(28-21)13-25-22(27)15-26(19-7-8-19)14-16-2-1-11-24-12-16/h1-6,9-12,19H,7-8,13-15H2,(H,25,27). The van der Waals surface area contributed by atoms with Crippen LogP contribution in [0.4, 0.5) is 0 Å². The highest BCUT2D eigenvalue weighted by atomic mass is 35.5. The van der Waals surface area contributed by atoms with E-state index in [9.17, 15) is 4.79 Å². The number of benzene rings is 1. The topological polar surface area (TPSA) is 58.4 Å². The number of amides is 1. The molecule has 28 heavy (non-hydrogen) atoms. The first kappa shape index (κ1) is 18.7. The van der Waals surface area contributed by atoms with Crippen LogP contribution in [0.3, 0.4) is 0 Å². The van der Waals surface area contributed by atoms with Crippen molar-refractivity contribution in [1.82, 2.24) is 15.2 Å². The van der Waals surface area contributed by atoms with Crippen molar-refractivity contribution >= 4 is 17.5 Å². The Hall–Kier alpha value is -2.63. The molecule has 0 spiro atoms. The molecule has 2 heterocycles. The first-order valence-electron chi connectivity index (χ1n) is 9.42. The number of halogens is 1. The predicted octanol–water partition coefficient (Wildman–Crippen LogP) is 4.28. The largest absolute Gasteiger partial charge is 0.459 e. The Bertz CT molecular complexity index is 920. The van der Waals surface area contributed by atoms with Crippen LogP contribution in [0, 0.1) is 0 Å². The monoisotopic (exact) mass is 395 g/mol. The average molecular weight is 396 g/mol. The fourth-order valence-electron chi connectivity index (χ4n) is 3.15. The Morgan fingerprint density at radius 1 is 1.18 bits per heavy atom. The third kappa shape index (κ3) is 5.00. The maximum atomic E-state index is 12.4. The van der Waals surface area contributed by atoms with E-state index in [4.69, 9.17) is 16.0 Å². The van der Waals surface area contributed by atoms with E-state index in [1.54, 1.807) is 6.20 Å². The number of nitrogens with one attached hydrogen (secondary N) is 1. The van der Waals surface area contributed by atoms with Crippen LogP contribution < -0.4 is 5.32 Å². The summed E-state index contributed by atoms with van der Waals surface area (Å²) >= 11 is 5.92. The lowest BCUT2D eigenvalue weighted by atomic mass is 10.2. The zero-order valence-electron chi connectivity index (χ0n) is 15.5. The van der Waals surface area contributed by atoms with E-state index in [1.807, 2.05) is 54.7 Å². The van der Waals surface area contributed by atoms with Crippen molar-refractivity contribution in [3.8, 4) is 11.3 Å². The molecule has 1 saturated carbocycles. The molecule has 0 atom stereocenters. The van der Waals surface area contributed by atoms with Crippen LogP contribution in [-0.4, -0.2) is 28.4 Å². The van der Waals surface area contributed by atoms with Gasteiger partial charge in [0.1, 0.15) is 11.5 Å². The number of rotatable bonds is 8. The number of aromatic nitrogens is 1. The van der Waals surface area contributed by atoms with Gasteiger partial charge in [-0.3, -0.25) is 14.7 Å². The summed E-state index contributed by atoms with van der Waals surface area (Å²) in [6.07, 6.45) is 5.92. The minimum atomic E-state index is 0.000216. The Labute approximate surface area is 169 Å². The highest BCUT2D eigenvalue weighted by molar-refractivity contribution is 6.30. The van der Waals surface area contributed by atoms with Gasteiger partial charge in [0, 0.05) is 35.6 Å². The molecule has 0 bridgehead atoms. The zero-order chi connectivity index (χ0) is 19.3. The van der Waals surface area contributed by atoms with E-state index in [0.29, 0.717) is 24.2 Å². The Morgan fingerprint density at radius 3 is 2.71 bits per heavy atom. The van der Waals surface area contributed by atoms with Crippen LogP contribution >= 0.6 is 11.6 Å². The van der Waals surface area contributed by atoms with Crippen molar-refractivity contribution in [3.05, 3.63) is 77.3 Å². The lowest BCUT2D eigenvalue weighted by molar-refractivity contribution is -0.122. The number of carbonyl (C=O) groups is 1. The first-order valence-corrected chi connectivity index (χ1v) is 9.79. The zero-order valence-corrected chi connectivity index (χ0v) is 16.2. The van der Waals surface area contributed by atoms with Crippen LogP contribution in [0.2, 0.25) is 5.02 Å². The quantitative estimate of drug-likeness (QED) is 0.618. The van der Waals surface area contributed by atoms with Gasteiger partial charge in [0.05, 0.1) is 13.1 Å². The van der Waals surface area contributed by atoms with Gasteiger partial charge in [0.2, 0.25) is 5.91 Å². The fourth-order valence-corrected chi connectivity index (χ4v) is 3.27. The van der Waals surface area contributed by atoms with E-state index in [1.165, 1.54) is 0 Å². The fraction of sp³-hybridized carbons (Fsp3) is 0.273. The van der Waals surface area contributed by atoms with Crippen molar-refractivity contribution in [2.75, 3.05) is 6.54 Å².